The van der Waals surface area contributed by atoms with Crippen LogP contribution in [0.5, 0.6) is 0 Å². The molecule has 1 fully saturated rings. The standard InChI is InChI=1S/C22H23N9/c1-15-6-20-21(27-19(14-30(20)28-15)17-10-25-29(3)12-17)18-11-26-31(13-18)22(4-5-24-2)7-16(8-22)9-23/h5-6,10-14,16H,4,7-8H2,1-3H3/b24-5-/t16-,22-. The van der Waals surface area contributed by atoms with Crippen LogP contribution >= 0.6 is 0 Å². The second-order valence-electron chi connectivity index (χ2n) is 8.27. The third-order valence-electron chi connectivity index (χ3n) is 6.01. The highest BCUT2D eigenvalue weighted by atomic mass is 15.3. The van der Waals surface area contributed by atoms with Gasteiger partial charge in [0.05, 0.1) is 58.7 Å². The van der Waals surface area contributed by atoms with Crippen molar-refractivity contribution in [2.24, 2.45) is 18.0 Å². The Kier molecular flexibility index (Phi) is 4.43. The zero-order valence-corrected chi connectivity index (χ0v) is 17.8. The van der Waals surface area contributed by atoms with Crippen LogP contribution in [0.1, 0.15) is 25.0 Å². The summed E-state index contributed by atoms with van der Waals surface area (Å²) >= 11 is 0. The van der Waals surface area contributed by atoms with Crippen LogP contribution in [-0.4, -0.2) is 47.4 Å². The molecule has 1 aliphatic carbocycles. The van der Waals surface area contributed by atoms with Gasteiger partial charge in [0, 0.05) is 50.3 Å². The number of rotatable bonds is 5. The maximum Gasteiger partial charge on any atom is 0.0999 e. The van der Waals surface area contributed by atoms with Gasteiger partial charge >= 0.3 is 0 Å². The SMILES string of the molecule is C/N=C\C[C@]1(n2cc(-c3nc(-c4cnn(C)c4)cn4nc(C)cc34)cn2)C[C@H](C#N)C1. The summed E-state index contributed by atoms with van der Waals surface area (Å²) in [5.74, 6) is 0.0640. The summed E-state index contributed by atoms with van der Waals surface area (Å²) in [6.07, 6.45) is 13.8. The summed E-state index contributed by atoms with van der Waals surface area (Å²) in [6, 6.07) is 4.41. The molecule has 9 heteroatoms. The van der Waals surface area contributed by atoms with Crippen molar-refractivity contribution in [1.29, 1.82) is 5.26 Å². The molecule has 0 atom stereocenters. The van der Waals surface area contributed by atoms with Gasteiger partial charge < -0.3 is 4.99 Å². The molecule has 0 unspecified atom stereocenters. The first-order valence-corrected chi connectivity index (χ1v) is 10.2. The summed E-state index contributed by atoms with van der Waals surface area (Å²) in [7, 11) is 3.66. The van der Waals surface area contributed by atoms with E-state index < -0.39 is 0 Å². The van der Waals surface area contributed by atoms with Gasteiger partial charge in [-0.2, -0.15) is 20.6 Å². The van der Waals surface area contributed by atoms with Crippen LogP contribution < -0.4 is 0 Å². The number of aromatic nitrogens is 7. The second-order valence-corrected chi connectivity index (χ2v) is 8.27. The molecular formula is C22H23N9. The molecule has 0 amide bonds. The molecule has 0 spiro atoms. The van der Waals surface area contributed by atoms with Gasteiger partial charge in [-0.15, -0.1) is 0 Å². The second kappa shape index (κ2) is 7.16. The Labute approximate surface area is 179 Å². The van der Waals surface area contributed by atoms with Crippen LogP contribution in [0.4, 0.5) is 0 Å². The minimum absolute atomic E-state index is 0.0640. The molecule has 0 aliphatic heterocycles. The summed E-state index contributed by atoms with van der Waals surface area (Å²) < 4.78 is 5.62. The fraction of sp³-hybridized carbons (Fsp3) is 0.364. The lowest BCUT2D eigenvalue weighted by atomic mass is 9.67. The fourth-order valence-electron chi connectivity index (χ4n) is 4.38. The highest BCUT2D eigenvalue weighted by Gasteiger charge is 2.46. The Morgan fingerprint density at radius 3 is 2.74 bits per heavy atom. The van der Waals surface area contributed by atoms with Crippen LogP contribution in [0.2, 0.25) is 0 Å². The Hall–Kier alpha value is -3.80. The monoisotopic (exact) mass is 413 g/mol. The third kappa shape index (κ3) is 3.20. The lowest BCUT2D eigenvalue weighted by Gasteiger charge is -2.44. The number of nitrogens with zero attached hydrogens (tertiary/aromatic N) is 9. The third-order valence-corrected chi connectivity index (χ3v) is 6.01. The van der Waals surface area contributed by atoms with E-state index in [-0.39, 0.29) is 11.5 Å². The summed E-state index contributed by atoms with van der Waals surface area (Å²) in [4.78, 5) is 9.11. The highest BCUT2D eigenvalue weighted by Crippen LogP contribution is 2.46. The number of fused-ring (bicyclic) bond motifs is 1. The van der Waals surface area contributed by atoms with E-state index in [1.807, 2.05) is 60.2 Å². The lowest BCUT2D eigenvalue weighted by molar-refractivity contribution is 0.0924. The van der Waals surface area contributed by atoms with Crippen molar-refractivity contribution < 1.29 is 0 Å². The van der Waals surface area contributed by atoms with Gasteiger partial charge in [-0.1, -0.05) is 0 Å². The summed E-state index contributed by atoms with van der Waals surface area (Å²) in [6.45, 7) is 1.97. The van der Waals surface area contributed by atoms with E-state index in [4.69, 9.17) is 4.98 Å². The van der Waals surface area contributed by atoms with E-state index in [1.54, 1.807) is 17.9 Å². The molecule has 4 aromatic heterocycles. The van der Waals surface area contributed by atoms with Crippen molar-refractivity contribution in [3.63, 3.8) is 0 Å². The molecule has 4 aromatic rings. The minimum Gasteiger partial charge on any atom is -0.301 e. The smallest absolute Gasteiger partial charge is 0.0999 e. The quantitative estimate of drug-likeness (QED) is 0.468. The largest absolute Gasteiger partial charge is 0.301 e. The van der Waals surface area contributed by atoms with Crippen molar-refractivity contribution in [3.8, 4) is 28.6 Å². The Bertz CT molecular complexity index is 1320. The lowest BCUT2D eigenvalue weighted by Crippen LogP contribution is -2.46. The van der Waals surface area contributed by atoms with E-state index in [9.17, 15) is 5.26 Å². The van der Waals surface area contributed by atoms with Gasteiger partial charge in [0.2, 0.25) is 0 Å². The van der Waals surface area contributed by atoms with Crippen molar-refractivity contribution in [3.05, 3.63) is 42.7 Å². The number of aryl methyl sites for hydroxylation is 2. The van der Waals surface area contributed by atoms with Crippen LogP contribution in [0.15, 0.2) is 42.0 Å². The average Bonchev–Trinajstić information content (AvgIpc) is 3.45. The van der Waals surface area contributed by atoms with Gasteiger partial charge in [-0.3, -0.25) is 9.36 Å². The van der Waals surface area contributed by atoms with Gasteiger partial charge in [0.15, 0.2) is 0 Å². The highest BCUT2D eigenvalue weighted by molar-refractivity contribution is 5.78. The molecule has 5 rings (SSSR count). The van der Waals surface area contributed by atoms with E-state index in [1.165, 1.54) is 0 Å². The van der Waals surface area contributed by atoms with Crippen LogP contribution in [0, 0.1) is 24.2 Å². The molecule has 9 nitrogen and oxygen atoms in total. The number of aliphatic imine (C=N–C) groups is 1. The Morgan fingerprint density at radius 1 is 1.23 bits per heavy atom. The molecule has 1 aliphatic rings. The van der Waals surface area contributed by atoms with E-state index in [2.05, 4.69) is 26.4 Å². The molecule has 156 valence electrons. The van der Waals surface area contributed by atoms with Gasteiger partial charge in [0.1, 0.15) is 0 Å². The zero-order chi connectivity index (χ0) is 21.6. The molecule has 31 heavy (non-hydrogen) atoms. The van der Waals surface area contributed by atoms with Crippen molar-refractivity contribution >= 4 is 11.7 Å². The van der Waals surface area contributed by atoms with Crippen LogP contribution in [0.3, 0.4) is 0 Å². The molecule has 0 saturated heterocycles. The Balaban J connectivity index is 1.60. The first-order valence-electron chi connectivity index (χ1n) is 10.2. The topological polar surface area (TPSA) is 102 Å². The van der Waals surface area contributed by atoms with Gasteiger partial charge in [-0.25, -0.2) is 9.50 Å². The maximum absolute atomic E-state index is 9.30. The van der Waals surface area contributed by atoms with Crippen LogP contribution in [0.25, 0.3) is 28.0 Å². The minimum atomic E-state index is -0.203. The molecule has 0 aromatic carbocycles. The summed E-state index contributed by atoms with van der Waals surface area (Å²) in [5.41, 5.74) is 5.12. The molecule has 0 N–H and O–H groups in total. The van der Waals surface area contributed by atoms with Crippen molar-refractivity contribution in [2.45, 2.75) is 31.7 Å². The number of hydrogen-bond acceptors (Lipinski definition) is 6. The zero-order valence-electron chi connectivity index (χ0n) is 17.8. The maximum atomic E-state index is 9.30. The first-order chi connectivity index (χ1) is 15.0. The van der Waals surface area contributed by atoms with Gasteiger partial charge in [0.25, 0.3) is 0 Å². The molecule has 1 saturated carbocycles. The normalized spacial score (nSPS) is 20.9. The average molecular weight is 413 g/mol. The Morgan fingerprint density at radius 2 is 2.03 bits per heavy atom. The summed E-state index contributed by atoms with van der Waals surface area (Å²) in [5, 5.41) is 22.9. The van der Waals surface area contributed by atoms with Crippen LogP contribution in [-0.2, 0) is 12.6 Å². The predicted molar refractivity (Wildman–Crippen MR) is 116 cm³/mol. The predicted octanol–water partition coefficient (Wildman–Crippen LogP) is 3.02. The molecule has 0 radical (unpaired) electrons. The van der Waals surface area contributed by atoms with Crippen molar-refractivity contribution in [2.75, 3.05) is 7.05 Å². The number of hydrogen-bond donors (Lipinski definition) is 0. The van der Waals surface area contributed by atoms with Gasteiger partial charge in [-0.05, 0) is 25.8 Å². The van der Waals surface area contributed by atoms with Crippen molar-refractivity contribution in [1.82, 2.24) is 34.2 Å². The molecule has 4 heterocycles. The van der Waals surface area contributed by atoms with E-state index in [0.29, 0.717) is 0 Å². The number of nitriles is 1. The van der Waals surface area contributed by atoms with E-state index >= 15 is 0 Å². The van der Waals surface area contributed by atoms with E-state index in [0.717, 1.165) is 53.0 Å². The molecular weight excluding hydrogens is 390 g/mol. The first kappa shape index (κ1) is 19.2. The molecule has 0 bridgehead atoms. The fourth-order valence-corrected chi connectivity index (χ4v) is 4.38.